The third-order valence-electron chi connectivity index (χ3n) is 4.66. The lowest BCUT2D eigenvalue weighted by atomic mass is 10.2. The van der Waals surface area contributed by atoms with E-state index in [1.807, 2.05) is 0 Å². The molecule has 9 heteroatoms. The number of hydrogen-bond donors (Lipinski definition) is 2. The number of terminal acetylenes is 1. The number of halogens is 2. The molecule has 0 saturated carbocycles. The van der Waals surface area contributed by atoms with Gasteiger partial charge in [-0.05, 0) is 18.9 Å². The Hall–Kier alpha value is -3.18. The molecule has 0 unspecified atom stereocenters. The lowest BCUT2D eigenvalue weighted by molar-refractivity contribution is -0.121. The van der Waals surface area contributed by atoms with E-state index in [2.05, 4.69) is 31.2 Å². The van der Waals surface area contributed by atoms with E-state index in [0.29, 0.717) is 35.0 Å². The van der Waals surface area contributed by atoms with Crippen LogP contribution in [0.25, 0.3) is 22.4 Å². The number of carbonyl (C=O) groups is 1. The van der Waals surface area contributed by atoms with Crippen molar-refractivity contribution in [3.05, 3.63) is 35.5 Å². The largest absolute Gasteiger partial charge is 0.345 e. The maximum Gasteiger partial charge on any atom is 0.243 e. The number of hydrogen-bond acceptors (Lipinski definition) is 5. The first-order chi connectivity index (χ1) is 13.6. The molecule has 0 spiro atoms. The molecule has 4 heterocycles. The summed E-state index contributed by atoms with van der Waals surface area (Å²) in [6.45, 7) is 0.645. The van der Waals surface area contributed by atoms with Crippen molar-refractivity contribution in [1.29, 1.82) is 0 Å². The highest BCUT2D eigenvalue weighted by Crippen LogP contribution is 2.31. The summed E-state index contributed by atoms with van der Waals surface area (Å²) < 4.78 is 14.6. The third kappa shape index (κ3) is 3.25. The van der Waals surface area contributed by atoms with Crippen molar-refractivity contribution in [2.24, 2.45) is 0 Å². The molecule has 2 N–H and O–H groups in total. The molecule has 4 rings (SSSR count). The molecule has 28 heavy (non-hydrogen) atoms. The summed E-state index contributed by atoms with van der Waals surface area (Å²) in [7, 11) is 0. The highest BCUT2D eigenvalue weighted by atomic mass is 35.5. The lowest BCUT2D eigenvalue weighted by Gasteiger charge is -2.25. The molecule has 0 bridgehead atoms. The predicted octanol–water partition coefficient (Wildman–Crippen LogP) is 2.53. The molecule has 1 amide bonds. The lowest BCUT2D eigenvalue weighted by Crippen LogP contribution is -2.44. The zero-order valence-corrected chi connectivity index (χ0v) is 15.5. The van der Waals surface area contributed by atoms with Crippen LogP contribution in [0.3, 0.4) is 0 Å². The summed E-state index contributed by atoms with van der Waals surface area (Å²) in [6.07, 6.45) is 10.9. The summed E-state index contributed by atoms with van der Waals surface area (Å²) in [5, 5.41) is 3.86. The Morgan fingerprint density at radius 1 is 1.46 bits per heavy atom. The number of nitrogens with one attached hydrogen (secondary N) is 2. The maximum atomic E-state index is 14.6. The fourth-order valence-corrected chi connectivity index (χ4v) is 3.56. The molecule has 0 radical (unpaired) electrons. The van der Waals surface area contributed by atoms with Gasteiger partial charge < -0.3 is 15.2 Å². The number of aromatic nitrogens is 4. The summed E-state index contributed by atoms with van der Waals surface area (Å²) >= 11 is 6.05. The molecule has 1 saturated heterocycles. The van der Waals surface area contributed by atoms with E-state index >= 15 is 0 Å². The van der Waals surface area contributed by atoms with Crippen molar-refractivity contribution < 1.29 is 9.18 Å². The molecular weight excluding hydrogens is 383 g/mol. The molecule has 3 aromatic rings. The van der Waals surface area contributed by atoms with Crippen LogP contribution in [0, 0.1) is 18.2 Å². The van der Waals surface area contributed by atoms with Crippen LogP contribution in [-0.4, -0.2) is 45.0 Å². The topological polar surface area (TPSA) is 86.8 Å². The predicted molar refractivity (Wildman–Crippen MR) is 104 cm³/mol. The monoisotopic (exact) mass is 398 g/mol. The van der Waals surface area contributed by atoms with Crippen LogP contribution in [0.1, 0.15) is 12.8 Å². The quantitative estimate of drug-likeness (QED) is 0.659. The van der Waals surface area contributed by atoms with Crippen molar-refractivity contribution in [2.75, 3.05) is 18.0 Å². The molecule has 1 fully saturated rings. The SMILES string of the molecule is C#CCNC(=O)[C@H]1CCCN1c1nc(-c2c[nH]c3ncc(Cl)cc23)ncc1F. The number of fused-ring (bicyclic) bond motifs is 1. The van der Waals surface area contributed by atoms with Gasteiger partial charge in [0.15, 0.2) is 17.5 Å². The highest BCUT2D eigenvalue weighted by Gasteiger charge is 2.33. The van der Waals surface area contributed by atoms with Gasteiger partial charge in [-0.25, -0.2) is 19.3 Å². The van der Waals surface area contributed by atoms with E-state index in [9.17, 15) is 9.18 Å². The van der Waals surface area contributed by atoms with Crippen molar-refractivity contribution in [1.82, 2.24) is 25.3 Å². The summed E-state index contributed by atoms with van der Waals surface area (Å²) in [6, 6.07) is 1.22. The fraction of sp³-hybridized carbons (Fsp3) is 0.263. The number of pyridine rings is 1. The standard InChI is InChI=1S/C19H16ClFN6O/c1-2-5-22-19(28)15-4-3-6-27(15)18-14(21)10-25-17(26-18)13-9-24-16-12(13)7-11(20)8-23-16/h1,7-10,15H,3-6H2,(H,22,28)(H,23,24)/t15-/m1/s1. The van der Waals surface area contributed by atoms with Crippen LogP contribution in [0.4, 0.5) is 10.2 Å². The van der Waals surface area contributed by atoms with E-state index in [4.69, 9.17) is 18.0 Å². The Labute approximate surface area is 165 Å². The average Bonchev–Trinajstić information content (AvgIpc) is 3.33. The van der Waals surface area contributed by atoms with Crippen molar-refractivity contribution in [3.8, 4) is 23.7 Å². The van der Waals surface area contributed by atoms with Crippen LogP contribution in [0.2, 0.25) is 5.02 Å². The highest BCUT2D eigenvalue weighted by molar-refractivity contribution is 6.31. The van der Waals surface area contributed by atoms with Crippen molar-refractivity contribution in [3.63, 3.8) is 0 Å². The second-order valence-corrected chi connectivity index (χ2v) is 6.83. The second-order valence-electron chi connectivity index (χ2n) is 6.39. The minimum absolute atomic E-state index is 0.0905. The van der Waals surface area contributed by atoms with Gasteiger partial charge in [0.1, 0.15) is 11.7 Å². The number of rotatable bonds is 4. The van der Waals surface area contributed by atoms with E-state index in [0.717, 1.165) is 18.0 Å². The number of carbonyl (C=O) groups excluding carboxylic acids is 1. The Morgan fingerprint density at radius 3 is 3.14 bits per heavy atom. The van der Waals surface area contributed by atoms with Crippen molar-refractivity contribution in [2.45, 2.75) is 18.9 Å². The molecule has 7 nitrogen and oxygen atoms in total. The normalized spacial score (nSPS) is 16.3. The van der Waals surface area contributed by atoms with Gasteiger partial charge in [-0.15, -0.1) is 6.42 Å². The molecule has 3 aromatic heterocycles. The van der Waals surface area contributed by atoms with Gasteiger partial charge in [-0.1, -0.05) is 17.5 Å². The van der Waals surface area contributed by atoms with Crippen LogP contribution >= 0.6 is 11.6 Å². The average molecular weight is 399 g/mol. The van der Waals surface area contributed by atoms with Gasteiger partial charge in [-0.2, -0.15) is 0 Å². The van der Waals surface area contributed by atoms with E-state index in [1.165, 1.54) is 6.20 Å². The Bertz CT molecular complexity index is 1090. The number of nitrogens with zero attached hydrogens (tertiary/aromatic N) is 4. The summed E-state index contributed by atoms with van der Waals surface area (Å²) in [5.74, 6) is 1.95. The molecule has 1 aliphatic rings. The Balaban J connectivity index is 1.72. The van der Waals surface area contributed by atoms with Crippen LogP contribution in [0.5, 0.6) is 0 Å². The third-order valence-corrected chi connectivity index (χ3v) is 4.86. The Kier molecular flexibility index (Phi) is 4.84. The molecule has 1 atom stereocenters. The smallest absolute Gasteiger partial charge is 0.243 e. The number of aromatic amines is 1. The first kappa shape index (κ1) is 18.2. The molecule has 0 aromatic carbocycles. The molecule has 1 aliphatic heterocycles. The zero-order valence-electron chi connectivity index (χ0n) is 14.7. The summed E-state index contributed by atoms with van der Waals surface area (Å²) in [5.41, 5.74) is 1.28. The van der Waals surface area contributed by atoms with Crippen LogP contribution in [-0.2, 0) is 4.79 Å². The minimum atomic E-state index is -0.587. The first-order valence-electron chi connectivity index (χ1n) is 8.72. The van der Waals surface area contributed by atoms with E-state index in [1.54, 1.807) is 17.2 Å². The van der Waals surface area contributed by atoms with Crippen LogP contribution < -0.4 is 10.2 Å². The maximum absolute atomic E-state index is 14.6. The van der Waals surface area contributed by atoms with Gasteiger partial charge in [-0.3, -0.25) is 4.79 Å². The molecule has 142 valence electrons. The van der Waals surface area contributed by atoms with Gasteiger partial charge in [0, 0.05) is 29.9 Å². The van der Waals surface area contributed by atoms with E-state index < -0.39 is 11.9 Å². The van der Waals surface area contributed by atoms with Gasteiger partial charge in [0.05, 0.1) is 17.8 Å². The zero-order chi connectivity index (χ0) is 19.7. The summed E-state index contributed by atoms with van der Waals surface area (Å²) in [4.78, 5) is 29.8. The Morgan fingerprint density at radius 2 is 2.32 bits per heavy atom. The number of amides is 1. The minimum Gasteiger partial charge on any atom is -0.345 e. The van der Waals surface area contributed by atoms with Gasteiger partial charge in [0.25, 0.3) is 0 Å². The number of H-pyrrole nitrogens is 1. The molecule has 0 aliphatic carbocycles. The second kappa shape index (κ2) is 7.44. The number of anilines is 1. The fourth-order valence-electron chi connectivity index (χ4n) is 3.40. The molecular formula is C19H16ClFN6O. The van der Waals surface area contributed by atoms with E-state index in [-0.39, 0.29) is 18.3 Å². The van der Waals surface area contributed by atoms with Gasteiger partial charge >= 0.3 is 0 Å². The van der Waals surface area contributed by atoms with Crippen LogP contribution in [0.15, 0.2) is 24.7 Å². The first-order valence-corrected chi connectivity index (χ1v) is 9.09. The van der Waals surface area contributed by atoms with Crippen molar-refractivity contribution >= 4 is 34.4 Å². The van der Waals surface area contributed by atoms with Gasteiger partial charge in [0.2, 0.25) is 5.91 Å².